The van der Waals surface area contributed by atoms with Gasteiger partial charge in [0.2, 0.25) is 6.29 Å². The second-order valence-electron chi connectivity index (χ2n) is 8.51. The summed E-state index contributed by atoms with van der Waals surface area (Å²) in [5, 5.41) is 2.20. The highest BCUT2D eigenvalue weighted by molar-refractivity contribution is 5.82. The van der Waals surface area contributed by atoms with Crippen LogP contribution in [0.4, 0.5) is 13.2 Å². The van der Waals surface area contributed by atoms with E-state index in [1.165, 1.54) is 24.3 Å². The second-order valence-corrected chi connectivity index (χ2v) is 8.51. The average Bonchev–Trinajstić information content (AvgIpc) is 2.79. The highest BCUT2D eigenvalue weighted by atomic mass is 19.4. The van der Waals surface area contributed by atoms with Crippen LogP contribution in [-0.4, -0.2) is 67.2 Å². The minimum Gasteiger partial charge on any atom is -0.463 e. The molecule has 212 valence electrons. The summed E-state index contributed by atoms with van der Waals surface area (Å²) >= 11 is 0. The van der Waals surface area contributed by atoms with Crippen LogP contribution in [0, 0.1) is 6.92 Å². The summed E-state index contributed by atoms with van der Waals surface area (Å²) in [7, 11) is 0. The van der Waals surface area contributed by atoms with Crippen LogP contribution >= 0.6 is 0 Å². The number of hydrogen-bond donors (Lipinski definition) is 1. The number of carbonyl (C=O) groups excluding carboxylic acids is 4. The van der Waals surface area contributed by atoms with Gasteiger partial charge in [0.05, 0.1) is 0 Å². The Morgan fingerprint density at radius 2 is 1.62 bits per heavy atom. The highest BCUT2D eigenvalue weighted by Crippen LogP contribution is 2.31. The molecular formula is C24H24F3NO11. The Kier molecular flexibility index (Phi) is 8.84. The van der Waals surface area contributed by atoms with Crippen LogP contribution in [0.15, 0.2) is 33.5 Å². The van der Waals surface area contributed by atoms with E-state index in [2.05, 4.69) is 0 Å². The fourth-order valence-electron chi connectivity index (χ4n) is 3.90. The minimum atomic E-state index is -5.36. The van der Waals surface area contributed by atoms with Gasteiger partial charge in [0.1, 0.15) is 30.1 Å². The molecule has 1 saturated heterocycles. The van der Waals surface area contributed by atoms with Gasteiger partial charge in [-0.25, -0.2) is 4.79 Å². The number of benzene rings is 1. The quantitative estimate of drug-likeness (QED) is 0.299. The first kappa shape index (κ1) is 29.4. The zero-order valence-corrected chi connectivity index (χ0v) is 21.0. The van der Waals surface area contributed by atoms with Crippen molar-refractivity contribution in [1.82, 2.24) is 5.32 Å². The van der Waals surface area contributed by atoms with Gasteiger partial charge in [-0.05, 0) is 24.6 Å². The molecule has 1 aromatic carbocycles. The molecule has 15 heteroatoms. The molecule has 5 atom stereocenters. The largest absolute Gasteiger partial charge is 0.471 e. The molecule has 1 aliphatic rings. The van der Waals surface area contributed by atoms with Crippen molar-refractivity contribution in [1.29, 1.82) is 0 Å². The van der Waals surface area contributed by atoms with Gasteiger partial charge in [-0.1, -0.05) is 0 Å². The number of esters is 3. The normalized spacial score (nSPS) is 23.0. The molecule has 0 radical (unpaired) electrons. The molecule has 0 saturated carbocycles. The summed E-state index contributed by atoms with van der Waals surface area (Å²) in [5.41, 5.74) is -0.00502. The maximum absolute atomic E-state index is 13.2. The molecule has 39 heavy (non-hydrogen) atoms. The molecule has 12 nitrogen and oxygen atoms in total. The smallest absolute Gasteiger partial charge is 0.463 e. The van der Waals surface area contributed by atoms with E-state index in [1.54, 1.807) is 12.2 Å². The molecule has 1 amide bonds. The number of alkyl halides is 3. The maximum atomic E-state index is 13.2. The lowest BCUT2D eigenvalue weighted by Crippen LogP contribution is -2.68. The number of aryl methyl sites for hydroxylation is 1. The molecule has 3 rings (SSSR count). The summed E-state index contributed by atoms with van der Waals surface area (Å²) in [6.45, 7) is 4.05. The predicted molar refractivity (Wildman–Crippen MR) is 122 cm³/mol. The van der Waals surface area contributed by atoms with Gasteiger partial charge in [-0.15, -0.1) is 0 Å². The molecule has 0 spiro atoms. The number of fused-ring (bicyclic) bond motifs is 1. The summed E-state index contributed by atoms with van der Waals surface area (Å²) in [4.78, 5) is 58.9. The fourth-order valence-corrected chi connectivity index (χ4v) is 3.90. The van der Waals surface area contributed by atoms with Crippen molar-refractivity contribution >= 4 is 34.8 Å². The van der Waals surface area contributed by atoms with Crippen LogP contribution in [-0.2, 0) is 38.1 Å². The van der Waals surface area contributed by atoms with E-state index in [9.17, 15) is 37.1 Å². The number of ether oxygens (including phenoxy) is 5. The molecule has 2 heterocycles. The maximum Gasteiger partial charge on any atom is 0.471 e. The number of halogens is 3. The van der Waals surface area contributed by atoms with Crippen molar-refractivity contribution < 1.29 is 60.5 Å². The third-order valence-corrected chi connectivity index (χ3v) is 5.43. The van der Waals surface area contributed by atoms with Gasteiger partial charge in [0, 0.05) is 38.3 Å². The van der Waals surface area contributed by atoms with Gasteiger partial charge < -0.3 is 33.4 Å². The first-order valence-corrected chi connectivity index (χ1v) is 11.4. The topological polar surface area (TPSA) is 157 Å². The lowest BCUT2D eigenvalue weighted by Gasteiger charge is -2.44. The first-order chi connectivity index (χ1) is 18.1. The van der Waals surface area contributed by atoms with Crippen molar-refractivity contribution in [2.45, 2.75) is 64.5 Å². The van der Waals surface area contributed by atoms with Crippen LogP contribution in [0.3, 0.4) is 0 Å². The monoisotopic (exact) mass is 559 g/mol. The third-order valence-electron chi connectivity index (χ3n) is 5.43. The zero-order chi connectivity index (χ0) is 29.1. The number of amides is 1. The van der Waals surface area contributed by atoms with Gasteiger partial charge in [0.15, 0.2) is 12.2 Å². The lowest BCUT2D eigenvalue weighted by molar-refractivity contribution is -0.258. The SMILES string of the molecule is CC(=O)OC[C@@H]1O[C@@H](Oc2ccc3c(C)cc(=O)oc3c2)[C@H](NC(=O)C(F)(F)F)[C@@H](OC(C)=O)[C@@H]1OC(C)=O. The molecule has 0 bridgehead atoms. The molecule has 1 N–H and O–H groups in total. The van der Waals surface area contributed by atoms with Gasteiger partial charge in [0.25, 0.3) is 0 Å². The number of rotatable bonds is 7. The molecular weight excluding hydrogens is 535 g/mol. The van der Waals surface area contributed by atoms with E-state index in [0.717, 1.165) is 20.8 Å². The van der Waals surface area contributed by atoms with E-state index in [4.69, 9.17) is 28.1 Å². The molecule has 0 aliphatic carbocycles. The Morgan fingerprint density at radius 1 is 0.974 bits per heavy atom. The van der Waals surface area contributed by atoms with Crippen LogP contribution < -0.4 is 15.7 Å². The van der Waals surface area contributed by atoms with E-state index in [-0.39, 0.29) is 11.3 Å². The van der Waals surface area contributed by atoms with Crippen LogP contribution in [0.1, 0.15) is 26.3 Å². The Bertz CT molecular complexity index is 1320. The summed E-state index contributed by atoms with van der Waals surface area (Å²) in [5.74, 6) is -5.21. The molecule has 0 unspecified atom stereocenters. The van der Waals surface area contributed by atoms with Crippen molar-refractivity contribution in [3.63, 3.8) is 0 Å². The average molecular weight is 559 g/mol. The van der Waals surface area contributed by atoms with E-state index in [0.29, 0.717) is 10.9 Å². The van der Waals surface area contributed by atoms with Crippen molar-refractivity contribution in [3.8, 4) is 5.75 Å². The molecule has 1 fully saturated rings. The number of nitrogens with one attached hydrogen (secondary N) is 1. The van der Waals surface area contributed by atoms with E-state index in [1.807, 2.05) is 0 Å². The molecule has 2 aromatic rings. The van der Waals surface area contributed by atoms with Crippen LogP contribution in [0.25, 0.3) is 11.0 Å². The number of hydrogen-bond acceptors (Lipinski definition) is 11. The van der Waals surface area contributed by atoms with Crippen LogP contribution in [0.5, 0.6) is 5.75 Å². The van der Waals surface area contributed by atoms with Gasteiger partial charge in [-0.2, -0.15) is 13.2 Å². The standard InChI is InChI=1S/C24H24F3NO11/c1-10-7-18(32)38-16-8-14(5-6-15(10)16)37-22-19(28-23(33)24(25,26)27)21(36-13(4)31)20(35-12(3)30)17(39-22)9-34-11(2)29/h5-8,17,19-22H,9H2,1-4H3,(H,28,33)/t17-,19+,20+,21+,22+/m0/s1. The van der Waals surface area contributed by atoms with Crippen molar-refractivity contribution in [3.05, 3.63) is 40.2 Å². The summed E-state index contributed by atoms with van der Waals surface area (Å²) < 4.78 is 71.5. The number of carbonyl (C=O) groups is 4. The van der Waals surface area contributed by atoms with Gasteiger partial charge >= 0.3 is 35.6 Å². The first-order valence-electron chi connectivity index (χ1n) is 11.4. The van der Waals surface area contributed by atoms with Crippen LogP contribution in [0.2, 0.25) is 0 Å². The second kappa shape index (κ2) is 11.7. The van der Waals surface area contributed by atoms with E-state index < -0.39 is 72.9 Å². The Labute approximate surface area is 218 Å². The predicted octanol–water partition coefficient (Wildman–Crippen LogP) is 1.68. The third kappa shape index (κ3) is 7.46. The van der Waals surface area contributed by atoms with E-state index >= 15 is 0 Å². The Hall–Kier alpha value is -4.14. The molecule has 1 aromatic heterocycles. The lowest BCUT2D eigenvalue weighted by atomic mass is 9.96. The van der Waals surface area contributed by atoms with Crippen molar-refractivity contribution in [2.75, 3.05) is 6.61 Å². The Balaban J connectivity index is 2.08. The Morgan fingerprint density at radius 3 is 2.21 bits per heavy atom. The van der Waals surface area contributed by atoms with Crippen molar-refractivity contribution in [2.24, 2.45) is 0 Å². The highest BCUT2D eigenvalue weighted by Gasteiger charge is 2.54. The molecule has 1 aliphatic heterocycles. The summed E-state index contributed by atoms with van der Waals surface area (Å²) in [6.07, 6.45) is -12.0. The van der Waals surface area contributed by atoms with Gasteiger partial charge in [-0.3, -0.25) is 19.2 Å². The minimum absolute atomic E-state index is 0.0775. The zero-order valence-electron chi connectivity index (χ0n) is 21.0. The fraction of sp³-hybridized carbons (Fsp3) is 0.458. The summed E-state index contributed by atoms with van der Waals surface area (Å²) in [6, 6.07) is 3.53.